The van der Waals surface area contributed by atoms with Crippen molar-refractivity contribution < 1.29 is 17.6 Å². The monoisotopic (exact) mass is 520 g/mol. The average molecular weight is 521 g/mol. The third kappa shape index (κ3) is 4.77. The number of furan rings is 1. The molecule has 10 heteroatoms. The molecule has 2 aromatic carbocycles. The van der Waals surface area contributed by atoms with E-state index in [1.807, 2.05) is 65.6 Å². The summed E-state index contributed by atoms with van der Waals surface area (Å²) in [4.78, 5) is 6.50. The summed E-state index contributed by atoms with van der Waals surface area (Å²) in [6.07, 6.45) is 2.83. The van der Waals surface area contributed by atoms with Crippen molar-refractivity contribution in [3.8, 4) is 17.1 Å². The van der Waals surface area contributed by atoms with Gasteiger partial charge in [0, 0.05) is 23.5 Å². The molecule has 1 saturated heterocycles. The fourth-order valence-corrected chi connectivity index (χ4v) is 5.22. The molecule has 0 amide bonds. The fourth-order valence-electron chi connectivity index (χ4n) is 4.31. The Morgan fingerprint density at radius 3 is 2.53 bits per heavy atom. The fraction of sp³-hybridized carbons (Fsp3) is 0.154. The number of benzene rings is 2. The van der Waals surface area contributed by atoms with E-state index in [1.54, 1.807) is 24.4 Å². The van der Waals surface area contributed by atoms with Gasteiger partial charge in [-0.25, -0.2) is 8.42 Å². The molecule has 1 aliphatic rings. The Kier molecular flexibility index (Phi) is 6.38. The first kappa shape index (κ1) is 23.8. The van der Waals surface area contributed by atoms with E-state index in [-0.39, 0.29) is 12.1 Å². The minimum atomic E-state index is -3.48. The minimum absolute atomic E-state index is 0.284. The molecule has 4 aromatic rings. The lowest BCUT2D eigenvalue weighted by Crippen LogP contribution is -2.29. The summed E-state index contributed by atoms with van der Waals surface area (Å²) in [6, 6.07) is 24.0. The lowest BCUT2D eigenvalue weighted by molar-refractivity contribution is 0.416. The van der Waals surface area contributed by atoms with Crippen LogP contribution in [-0.4, -0.2) is 31.9 Å². The molecule has 2 N–H and O–H groups in total. The largest absolute Gasteiger partial charge is 0.494 e. The first-order valence-corrected chi connectivity index (χ1v) is 13.5. The molecule has 2 aromatic heterocycles. The second-order valence-corrected chi connectivity index (χ2v) is 10.5. The Hall–Kier alpha value is -3.89. The Bertz CT molecular complexity index is 1490. The maximum absolute atomic E-state index is 11.8. The molecule has 8 nitrogen and oxygen atoms in total. The number of nitrogens with one attached hydrogen (secondary N) is 2. The van der Waals surface area contributed by atoms with Crippen molar-refractivity contribution >= 4 is 38.7 Å². The van der Waals surface area contributed by atoms with Gasteiger partial charge in [-0.3, -0.25) is 9.71 Å². The maximum atomic E-state index is 11.8. The van der Waals surface area contributed by atoms with E-state index in [2.05, 4.69) is 15.0 Å². The maximum Gasteiger partial charge on any atom is 0.229 e. The Balaban J connectivity index is 1.59. The summed E-state index contributed by atoms with van der Waals surface area (Å²) in [5, 5.41) is 3.87. The van der Waals surface area contributed by atoms with Gasteiger partial charge in [-0.15, -0.1) is 0 Å². The Morgan fingerprint density at radius 2 is 1.83 bits per heavy atom. The van der Waals surface area contributed by atoms with Crippen molar-refractivity contribution in [3.63, 3.8) is 0 Å². The number of pyridine rings is 1. The van der Waals surface area contributed by atoms with Gasteiger partial charge < -0.3 is 19.4 Å². The van der Waals surface area contributed by atoms with Gasteiger partial charge in [0.05, 0.1) is 30.8 Å². The van der Waals surface area contributed by atoms with Crippen LogP contribution >= 0.6 is 12.2 Å². The third-order valence-corrected chi connectivity index (χ3v) is 6.74. The summed E-state index contributed by atoms with van der Waals surface area (Å²) in [6.45, 7) is 0. The van der Waals surface area contributed by atoms with Gasteiger partial charge in [-0.1, -0.05) is 36.4 Å². The van der Waals surface area contributed by atoms with Crippen LogP contribution in [0.5, 0.6) is 5.75 Å². The van der Waals surface area contributed by atoms with Crippen LogP contribution in [0.1, 0.15) is 23.5 Å². The van der Waals surface area contributed by atoms with Crippen LogP contribution in [0, 0.1) is 0 Å². The van der Waals surface area contributed by atoms with Gasteiger partial charge in [0.1, 0.15) is 23.3 Å². The van der Waals surface area contributed by atoms with E-state index in [0.717, 1.165) is 23.3 Å². The summed E-state index contributed by atoms with van der Waals surface area (Å²) in [5.41, 5.74) is 2.83. The molecule has 0 bridgehead atoms. The standard InChI is InChI=1S/C26H24N4O4S2/c1-33-23-16-18(11-12-19(23)29-36(2,31)32)30-25(24(28-26(30)35)20-10-6-7-15-27-20)22-14-13-21(34-22)17-8-4-3-5-9-17/h3-16,24-25,29H,1-2H3,(H,28,35)/t24-,25-/m1/s1. The average Bonchev–Trinajstić information content (AvgIpc) is 3.49. The lowest BCUT2D eigenvalue weighted by Gasteiger charge is -2.26. The van der Waals surface area contributed by atoms with E-state index in [0.29, 0.717) is 28.0 Å². The molecule has 0 unspecified atom stereocenters. The van der Waals surface area contributed by atoms with Crippen LogP contribution in [0.15, 0.2) is 89.5 Å². The molecule has 0 radical (unpaired) electrons. The number of aromatic nitrogens is 1. The number of rotatable bonds is 7. The number of thiocarbonyl (C=S) groups is 1. The molecule has 3 heterocycles. The summed E-state index contributed by atoms with van der Waals surface area (Å²) >= 11 is 5.77. The van der Waals surface area contributed by atoms with Crippen molar-refractivity contribution in [2.24, 2.45) is 0 Å². The second-order valence-electron chi connectivity index (χ2n) is 8.32. The molecule has 0 spiro atoms. The van der Waals surface area contributed by atoms with E-state index in [4.69, 9.17) is 21.4 Å². The molecular formula is C26H24N4O4S2. The Morgan fingerprint density at radius 1 is 1.06 bits per heavy atom. The molecule has 5 rings (SSSR count). The van der Waals surface area contributed by atoms with Crippen molar-refractivity contribution in [2.75, 3.05) is 23.0 Å². The van der Waals surface area contributed by atoms with Gasteiger partial charge in [0.2, 0.25) is 10.0 Å². The van der Waals surface area contributed by atoms with Crippen molar-refractivity contribution in [2.45, 2.75) is 12.1 Å². The lowest BCUT2D eigenvalue weighted by atomic mass is 10.0. The van der Waals surface area contributed by atoms with E-state index in [9.17, 15) is 8.42 Å². The molecule has 1 fully saturated rings. The normalized spacial score (nSPS) is 17.6. The number of anilines is 2. The summed E-state index contributed by atoms with van der Waals surface area (Å²) < 4.78 is 37.9. The molecule has 2 atom stereocenters. The highest BCUT2D eigenvalue weighted by molar-refractivity contribution is 7.92. The highest BCUT2D eigenvalue weighted by atomic mass is 32.2. The van der Waals surface area contributed by atoms with E-state index < -0.39 is 10.0 Å². The van der Waals surface area contributed by atoms with Crippen molar-refractivity contribution in [1.29, 1.82) is 0 Å². The third-order valence-electron chi connectivity index (χ3n) is 5.83. The number of hydrogen-bond acceptors (Lipinski definition) is 6. The number of methoxy groups -OCH3 is 1. The number of sulfonamides is 1. The highest BCUT2D eigenvalue weighted by Crippen LogP contribution is 2.44. The van der Waals surface area contributed by atoms with Crippen LogP contribution in [0.4, 0.5) is 11.4 Å². The smallest absolute Gasteiger partial charge is 0.229 e. The quantitative estimate of drug-likeness (QED) is 0.332. The van der Waals surface area contributed by atoms with Gasteiger partial charge in [-0.05, 0) is 48.6 Å². The molecule has 1 aliphatic heterocycles. The molecular weight excluding hydrogens is 496 g/mol. The highest BCUT2D eigenvalue weighted by Gasteiger charge is 2.42. The molecule has 0 aliphatic carbocycles. The van der Waals surface area contributed by atoms with Crippen molar-refractivity contribution in [3.05, 3.63) is 96.5 Å². The van der Waals surface area contributed by atoms with Crippen LogP contribution in [-0.2, 0) is 10.0 Å². The summed E-state index contributed by atoms with van der Waals surface area (Å²) in [7, 11) is -1.99. The van der Waals surface area contributed by atoms with Crippen LogP contribution in [0.3, 0.4) is 0 Å². The van der Waals surface area contributed by atoms with Gasteiger partial charge >= 0.3 is 0 Å². The van der Waals surface area contributed by atoms with Crippen LogP contribution in [0.2, 0.25) is 0 Å². The first-order chi connectivity index (χ1) is 17.3. The molecule has 0 saturated carbocycles. The minimum Gasteiger partial charge on any atom is -0.494 e. The SMILES string of the molecule is COc1cc(N2C(=S)N[C@H](c3ccccn3)[C@H]2c2ccc(-c3ccccc3)o2)ccc1NS(C)(=O)=O. The second kappa shape index (κ2) is 9.63. The van der Waals surface area contributed by atoms with Crippen LogP contribution in [0.25, 0.3) is 11.3 Å². The zero-order valence-corrected chi connectivity index (χ0v) is 21.2. The van der Waals surface area contributed by atoms with Gasteiger partial charge in [0.15, 0.2) is 5.11 Å². The number of hydrogen-bond donors (Lipinski definition) is 2. The predicted octanol–water partition coefficient (Wildman–Crippen LogP) is 4.90. The zero-order valence-electron chi connectivity index (χ0n) is 19.6. The first-order valence-electron chi connectivity index (χ1n) is 11.2. The predicted molar refractivity (Wildman–Crippen MR) is 144 cm³/mol. The topological polar surface area (TPSA) is 96.7 Å². The molecule has 184 valence electrons. The number of ether oxygens (including phenoxy) is 1. The van der Waals surface area contributed by atoms with E-state index in [1.165, 1.54) is 7.11 Å². The van der Waals surface area contributed by atoms with Crippen molar-refractivity contribution in [1.82, 2.24) is 10.3 Å². The zero-order chi connectivity index (χ0) is 25.3. The molecule has 36 heavy (non-hydrogen) atoms. The summed E-state index contributed by atoms with van der Waals surface area (Å²) in [5.74, 6) is 1.81. The van der Waals surface area contributed by atoms with Gasteiger partial charge in [-0.2, -0.15) is 0 Å². The van der Waals surface area contributed by atoms with E-state index >= 15 is 0 Å². The van der Waals surface area contributed by atoms with Crippen LogP contribution < -0.4 is 19.7 Å². The Labute approximate surface area is 215 Å². The van der Waals surface area contributed by atoms with Gasteiger partial charge in [0.25, 0.3) is 0 Å². The number of nitrogens with zero attached hydrogens (tertiary/aromatic N) is 2.